The fraction of sp³-hybridized carbons (Fsp3) is 1.00. The van der Waals surface area contributed by atoms with E-state index in [0.717, 1.165) is 18.8 Å². The molecule has 126 valence electrons. The van der Waals surface area contributed by atoms with E-state index in [-0.39, 0.29) is 18.9 Å². The van der Waals surface area contributed by atoms with E-state index in [9.17, 15) is 17.6 Å². The molecular weight excluding hydrogens is 288 g/mol. The Balaban J connectivity index is 0.000000211. The van der Waals surface area contributed by atoms with Gasteiger partial charge in [0.15, 0.2) is 19.2 Å². The van der Waals surface area contributed by atoms with Gasteiger partial charge in [0.2, 0.25) is 0 Å². The maximum Gasteiger partial charge on any atom is 0.188 e. The monoisotopic (exact) mass is 314 g/mol. The maximum atomic E-state index is 12.8. The molecule has 2 rings (SSSR count). The molecule has 6 heteroatoms. The Morgan fingerprint density at radius 1 is 0.905 bits per heavy atom. The van der Waals surface area contributed by atoms with E-state index in [2.05, 4.69) is 11.7 Å². The third-order valence-corrected chi connectivity index (χ3v) is 4.30. The number of hydrogen-bond acceptors (Lipinski definition) is 2. The Bertz CT molecular complexity index is 270. The summed E-state index contributed by atoms with van der Waals surface area (Å²) in [4.78, 5) is 0. The zero-order valence-corrected chi connectivity index (χ0v) is 12.7. The lowest BCUT2D eigenvalue weighted by Crippen LogP contribution is -2.43. The van der Waals surface area contributed by atoms with Crippen LogP contribution in [0.4, 0.5) is 17.6 Å². The molecule has 0 heterocycles. The van der Waals surface area contributed by atoms with Gasteiger partial charge in [-0.05, 0) is 44.4 Å². The van der Waals surface area contributed by atoms with Crippen LogP contribution in [0.1, 0.15) is 45.4 Å². The fourth-order valence-corrected chi connectivity index (χ4v) is 2.78. The number of methoxy groups -OCH3 is 1. The molecule has 2 saturated carbocycles. The average Bonchev–Trinajstić information content (AvgIpc) is 2.48. The van der Waals surface area contributed by atoms with Crippen LogP contribution >= 0.6 is 0 Å². The van der Waals surface area contributed by atoms with Crippen LogP contribution in [0.2, 0.25) is 0 Å². The van der Waals surface area contributed by atoms with Gasteiger partial charge < -0.3 is 9.47 Å². The van der Waals surface area contributed by atoms with Crippen molar-refractivity contribution in [3.05, 3.63) is 0 Å². The first-order chi connectivity index (χ1) is 9.99. The van der Waals surface area contributed by atoms with Gasteiger partial charge >= 0.3 is 0 Å². The fourth-order valence-electron chi connectivity index (χ4n) is 2.78. The molecule has 21 heavy (non-hydrogen) atoms. The van der Waals surface area contributed by atoms with Gasteiger partial charge in [-0.15, -0.1) is 0 Å². The van der Waals surface area contributed by atoms with Gasteiger partial charge in [-0.25, -0.2) is 17.6 Å². The summed E-state index contributed by atoms with van der Waals surface area (Å²) in [6.07, 6.45) is -1.21. The Labute approximate surface area is 124 Å². The molecule has 4 unspecified atom stereocenters. The van der Waals surface area contributed by atoms with Gasteiger partial charge in [-0.1, -0.05) is 6.92 Å². The Hall–Kier alpha value is -0.360. The van der Waals surface area contributed by atoms with Crippen LogP contribution in [0.5, 0.6) is 0 Å². The van der Waals surface area contributed by atoms with Crippen molar-refractivity contribution in [2.24, 2.45) is 5.92 Å². The van der Waals surface area contributed by atoms with Crippen LogP contribution in [0.25, 0.3) is 0 Å². The van der Waals surface area contributed by atoms with Gasteiger partial charge in [-0.2, -0.15) is 0 Å². The number of rotatable bonds is 3. The van der Waals surface area contributed by atoms with E-state index < -0.39 is 31.5 Å². The summed E-state index contributed by atoms with van der Waals surface area (Å²) in [5, 5.41) is 0. The summed E-state index contributed by atoms with van der Waals surface area (Å²) in [5.74, 6) is 0.819. The minimum absolute atomic E-state index is 0.0556. The van der Waals surface area contributed by atoms with Gasteiger partial charge in [0.1, 0.15) is 6.17 Å². The van der Waals surface area contributed by atoms with Crippen LogP contribution in [0, 0.1) is 5.92 Å². The smallest absolute Gasteiger partial charge is 0.188 e. The molecule has 0 aromatic rings. The predicted octanol–water partition coefficient (Wildman–Crippen LogP) is 4.32. The van der Waals surface area contributed by atoms with Crippen molar-refractivity contribution in [3.63, 3.8) is 0 Å². The molecule has 0 radical (unpaired) electrons. The standard InChI is InChI=1S/C8H15FO.C7H11F3O/c1-7-2-4-8(5-3-7)10-6-9;1-11-5-3-2-4(8)6(9)7(5)10/h7-8H,2-6H2,1H3;4-7H,2-3H2,1H3. The van der Waals surface area contributed by atoms with Crippen LogP contribution in [-0.2, 0) is 9.47 Å². The highest BCUT2D eigenvalue weighted by Gasteiger charge is 2.40. The predicted molar refractivity (Wildman–Crippen MR) is 73.2 cm³/mol. The van der Waals surface area contributed by atoms with Crippen molar-refractivity contribution >= 4 is 0 Å². The lowest BCUT2D eigenvalue weighted by molar-refractivity contribution is -0.0626. The lowest BCUT2D eigenvalue weighted by Gasteiger charge is -2.29. The molecule has 2 nitrogen and oxygen atoms in total. The second-order valence-electron chi connectivity index (χ2n) is 5.91. The summed E-state index contributed by atoms with van der Waals surface area (Å²) in [6, 6.07) is 0. The van der Waals surface area contributed by atoms with Crippen LogP contribution in [0.15, 0.2) is 0 Å². The van der Waals surface area contributed by atoms with Gasteiger partial charge in [0.25, 0.3) is 0 Å². The van der Waals surface area contributed by atoms with Crippen molar-refractivity contribution < 1.29 is 27.0 Å². The van der Waals surface area contributed by atoms with E-state index in [0.29, 0.717) is 0 Å². The van der Waals surface area contributed by atoms with E-state index in [1.807, 2.05) is 0 Å². The lowest BCUT2D eigenvalue weighted by atomic mass is 9.89. The molecule has 0 saturated heterocycles. The topological polar surface area (TPSA) is 18.5 Å². The summed E-state index contributed by atoms with van der Waals surface area (Å²) >= 11 is 0. The number of halogens is 4. The molecule has 0 aromatic heterocycles. The van der Waals surface area contributed by atoms with Crippen LogP contribution in [-0.4, -0.2) is 44.7 Å². The summed E-state index contributed by atoms with van der Waals surface area (Å²) in [7, 11) is 1.31. The molecule has 0 bridgehead atoms. The van der Waals surface area contributed by atoms with Crippen LogP contribution < -0.4 is 0 Å². The number of hydrogen-bond donors (Lipinski definition) is 0. The molecule has 0 amide bonds. The van der Waals surface area contributed by atoms with Crippen molar-refractivity contribution in [1.29, 1.82) is 0 Å². The Morgan fingerprint density at radius 2 is 1.52 bits per heavy atom. The third kappa shape index (κ3) is 6.10. The highest BCUT2D eigenvalue weighted by Crippen LogP contribution is 2.28. The minimum atomic E-state index is -2.01. The number of ether oxygens (including phenoxy) is 2. The molecule has 0 aromatic carbocycles. The Kier molecular flexibility index (Phi) is 8.56. The van der Waals surface area contributed by atoms with Gasteiger partial charge in [0.05, 0.1) is 12.2 Å². The van der Waals surface area contributed by atoms with Crippen LogP contribution in [0.3, 0.4) is 0 Å². The van der Waals surface area contributed by atoms with Crippen molar-refractivity contribution in [3.8, 4) is 0 Å². The summed E-state index contributed by atoms with van der Waals surface area (Å²) in [6.45, 7) is 1.63. The normalized spacial score (nSPS) is 40.3. The van der Waals surface area contributed by atoms with Gasteiger partial charge in [0, 0.05) is 7.11 Å². The highest BCUT2D eigenvalue weighted by molar-refractivity contribution is 4.88. The first-order valence-corrected chi connectivity index (χ1v) is 7.62. The number of alkyl halides is 4. The average molecular weight is 314 g/mol. The molecule has 2 aliphatic rings. The largest absolute Gasteiger partial charge is 0.378 e. The first-order valence-electron chi connectivity index (χ1n) is 7.62. The maximum absolute atomic E-state index is 12.8. The second-order valence-corrected chi connectivity index (χ2v) is 5.91. The first kappa shape index (κ1) is 18.7. The van der Waals surface area contributed by atoms with E-state index in [4.69, 9.17) is 4.74 Å². The summed E-state index contributed by atoms with van der Waals surface area (Å²) in [5.41, 5.74) is 0. The molecule has 4 atom stereocenters. The van der Waals surface area contributed by atoms with E-state index in [1.54, 1.807) is 0 Å². The third-order valence-electron chi connectivity index (χ3n) is 4.30. The SMILES string of the molecule is CC1CCC(OCF)CC1.COC1CCC(F)C(F)C1F. The molecule has 0 N–H and O–H groups in total. The van der Waals surface area contributed by atoms with Crippen molar-refractivity contribution in [2.75, 3.05) is 14.0 Å². The quantitative estimate of drug-likeness (QED) is 0.722. The molecule has 0 spiro atoms. The van der Waals surface area contributed by atoms with Crippen molar-refractivity contribution in [1.82, 2.24) is 0 Å². The second kappa shape index (κ2) is 9.62. The molecule has 0 aliphatic heterocycles. The van der Waals surface area contributed by atoms with Gasteiger partial charge in [-0.3, -0.25) is 0 Å². The molecule has 2 fully saturated rings. The Morgan fingerprint density at radius 3 is 2.05 bits per heavy atom. The summed E-state index contributed by atoms with van der Waals surface area (Å²) < 4.78 is 59.0. The highest BCUT2D eigenvalue weighted by atomic mass is 19.2. The van der Waals surface area contributed by atoms with E-state index >= 15 is 0 Å². The zero-order valence-electron chi connectivity index (χ0n) is 12.7. The zero-order chi connectivity index (χ0) is 15.8. The minimum Gasteiger partial charge on any atom is -0.378 e. The molecular formula is C15H26F4O2. The molecule has 2 aliphatic carbocycles. The van der Waals surface area contributed by atoms with Crippen molar-refractivity contribution in [2.45, 2.75) is 76.2 Å². The van der Waals surface area contributed by atoms with E-state index in [1.165, 1.54) is 20.0 Å².